The van der Waals surface area contributed by atoms with E-state index in [0.29, 0.717) is 35.2 Å². The molecule has 1 saturated carbocycles. The summed E-state index contributed by atoms with van der Waals surface area (Å²) in [5.41, 5.74) is 1.43. The number of alkyl halides is 3. The number of carbonyl (C=O) groups excluding carboxylic acids is 1. The van der Waals surface area contributed by atoms with E-state index in [1.165, 1.54) is 6.07 Å². The molecule has 9 heteroatoms. The minimum absolute atomic E-state index is 0.0681. The van der Waals surface area contributed by atoms with Crippen molar-refractivity contribution in [3.8, 4) is 11.4 Å². The number of carbonyl (C=O) groups is 1. The normalized spacial score (nSPS) is 21.6. The van der Waals surface area contributed by atoms with Crippen LogP contribution < -0.4 is 5.32 Å². The van der Waals surface area contributed by atoms with E-state index >= 15 is 0 Å². The van der Waals surface area contributed by atoms with Crippen molar-refractivity contribution in [3.63, 3.8) is 0 Å². The highest BCUT2D eigenvalue weighted by Gasteiger charge is 2.46. The maximum absolute atomic E-state index is 13.9. The summed E-state index contributed by atoms with van der Waals surface area (Å²) < 4.78 is 38.4. The maximum Gasteiger partial charge on any atom is 0.417 e. The van der Waals surface area contributed by atoms with Gasteiger partial charge in [0.05, 0.1) is 11.1 Å². The van der Waals surface area contributed by atoms with E-state index in [2.05, 4.69) is 20.3 Å². The van der Waals surface area contributed by atoms with Crippen molar-refractivity contribution in [2.24, 2.45) is 5.92 Å². The number of aromatic nitrogens is 3. The number of amides is 1. The second-order valence-electron chi connectivity index (χ2n) is 9.03. The van der Waals surface area contributed by atoms with Gasteiger partial charge in [-0.05, 0) is 56.4 Å². The second-order valence-corrected chi connectivity index (χ2v) is 9.03. The molecule has 3 aromatic rings. The van der Waals surface area contributed by atoms with Crippen LogP contribution in [0.25, 0.3) is 11.4 Å². The highest BCUT2D eigenvalue weighted by molar-refractivity contribution is 6.01. The second kappa shape index (κ2) is 8.70. The number of aryl methyl sites for hydroxylation is 1. The summed E-state index contributed by atoms with van der Waals surface area (Å²) in [7, 11) is 0. The van der Waals surface area contributed by atoms with Gasteiger partial charge in [-0.1, -0.05) is 17.7 Å². The first-order chi connectivity index (χ1) is 16.3. The van der Waals surface area contributed by atoms with Crippen LogP contribution in [-0.4, -0.2) is 44.4 Å². The van der Waals surface area contributed by atoms with E-state index in [4.69, 9.17) is 0 Å². The Kier molecular flexibility index (Phi) is 5.71. The largest absolute Gasteiger partial charge is 0.417 e. The molecule has 176 valence electrons. The summed E-state index contributed by atoms with van der Waals surface area (Å²) in [6, 6.07) is 9.83. The van der Waals surface area contributed by atoms with Crippen LogP contribution in [0.5, 0.6) is 0 Å². The Balaban J connectivity index is 1.38. The number of hydrogen-bond donors (Lipinski definition) is 1. The van der Waals surface area contributed by atoms with Gasteiger partial charge in [0.2, 0.25) is 0 Å². The van der Waals surface area contributed by atoms with Gasteiger partial charge in [-0.15, -0.1) is 0 Å². The van der Waals surface area contributed by atoms with Crippen LogP contribution >= 0.6 is 0 Å². The predicted octanol–water partition coefficient (Wildman–Crippen LogP) is 4.97. The van der Waals surface area contributed by atoms with Gasteiger partial charge in [-0.3, -0.25) is 4.79 Å². The zero-order valence-corrected chi connectivity index (χ0v) is 18.6. The summed E-state index contributed by atoms with van der Waals surface area (Å²) in [6.45, 7) is 2.36. The molecule has 0 unspecified atom stereocenters. The molecule has 6 nitrogen and oxygen atoms in total. The molecule has 2 aromatic heterocycles. The molecule has 1 amide bonds. The molecule has 2 bridgehead atoms. The lowest BCUT2D eigenvalue weighted by Crippen LogP contribution is -2.60. The quantitative estimate of drug-likeness (QED) is 0.574. The number of fused-ring (bicyclic) bond motifs is 2. The summed E-state index contributed by atoms with van der Waals surface area (Å²) in [5.74, 6) is 1.35. The van der Waals surface area contributed by atoms with Gasteiger partial charge in [-0.25, -0.2) is 15.0 Å². The van der Waals surface area contributed by atoms with Crippen molar-refractivity contribution in [1.82, 2.24) is 19.9 Å². The van der Waals surface area contributed by atoms with Crippen molar-refractivity contribution in [2.45, 2.75) is 44.4 Å². The van der Waals surface area contributed by atoms with Crippen LogP contribution in [0.2, 0.25) is 0 Å². The smallest absolute Gasteiger partial charge is 0.368 e. The summed E-state index contributed by atoms with van der Waals surface area (Å²) >= 11 is 0. The summed E-state index contributed by atoms with van der Waals surface area (Å²) in [4.78, 5) is 28.4. The molecule has 6 rings (SSSR count). The summed E-state index contributed by atoms with van der Waals surface area (Å²) in [5, 5.41) is 3.13. The zero-order chi connectivity index (χ0) is 23.9. The molecule has 2 saturated heterocycles. The number of piperidine rings is 2. The third-order valence-corrected chi connectivity index (χ3v) is 6.66. The molecule has 3 fully saturated rings. The zero-order valence-electron chi connectivity index (χ0n) is 18.6. The fourth-order valence-corrected chi connectivity index (χ4v) is 4.93. The maximum atomic E-state index is 13.9. The Morgan fingerprint density at radius 1 is 1.09 bits per heavy atom. The van der Waals surface area contributed by atoms with E-state index in [-0.39, 0.29) is 18.0 Å². The molecule has 1 atom stereocenters. The van der Waals surface area contributed by atoms with E-state index < -0.39 is 11.7 Å². The first-order valence-electron chi connectivity index (χ1n) is 11.3. The van der Waals surface area contributed by atoms with Crippen molar-refractivity contribution in [1.29, 1.82) is 0 Å². The van der Waals surface area contributed by atoms with Crippen LogP contribution in [0, 0.1) is 12.8 Å². The fraction of sp³-hybridized carbons (Fsp3) is 0.360. The standard InChI is InChI=1S/C25H24F3N5O/c1-15-3-5-20(23-29-7-2-8-30-23)21(9-15)24(34)33-18-10-16(11-18)12-19(33)14-32-22-6-4-17(13-31-22)25(26,27)28/h2-9,13,16,18-19H,10-12,14H2,1H3,(H,31,32)/t16?,18?,19-/m0/s1. The number of halogens is 3. The van der Waals surface area contributed by atoms with E-state index in [0.717, 1.165) is 37.1 Å². The van der Waals surface area contributed by atoms with Crippen LogP contribution in [0.1, 0.15) is 40.7 Å². The number of nitrogens with zero attached hydrogens (tertiary/aromatic N) is 4. The summed E-state index contributed by atoms with van der Waals surface area (Å²) in [6.07, 6.45) is 2.50. The average molecular weight is 467 g/mol. The van der Waals surface area contributed by atoms with Crippen LogP contribution in [0.3, 0.4) is 0 Å². The minimum Gasteiger partial charge on any atom is -0.368 e. The molecule has 4 heterocycles. The lowest BCUT2D eigenvalue weighted by atomic mass is 9.70. The topological polar surface area (TPSA) is 71.0 Å². The monoisotopic (exact) mass is 467 g/mol. The molecule has 1 aliphatic carbocycles. The van der Waals surface area contributed by atoms with Crippen molar-refractivity contribution < 1.29 is 18.0 Å². The number of hydrogen-bond acceptors (Lipinski definition) is 5. The van der Waals surface area contributed by atoms with E-state index in [9.17, 15) is 18.0 Å². The highest BCUT2D eigenvalue weighted by Crippen LogP contribution is 2.44. The number of rotatable bonds is 5. The highest BCUT2D eigenvalue weighted by atomic mass is 19.4. The number of anilines is 1. The van der Waals surface area contributed by atoms with Crippen molar-refractivity contribution in [3.05, 3.63) is 71.7 Å². The Hall–Kier alpha value is -3.49. The van der Waals surface area contributed by atoms with Gasteiger partial charge in [-0.2, -0.15) is 13.2 Å². The molecular formula is C25H24F3N5O. The Labute approximate surface area is 195 Å². The van der Waals surface area contributed by atoms with Crippen LogP contribution in [-0.2, 0) is 6.18 Å². The van der Waals surface area contributed by atoms with Gasteiger partial charge in [0.15, 0.2) is 5.82 Å². The lowest BCUT2D eigenvalue weighted by molar-refractivity contribution is -0.137. The Bertz CT molecular complexity index is 1180. The molecule has 34 heavy (non-hydrogen) atoms. The van der Waals surface area contributed by atoms with E-state index in [1.54, 1.807) is 18.5 Å². The van der Waals surface area contributed by atoms with Crippen LogP contribution in [0.15, 0.2) is 55.0 Å². The molecule has 3 aliphatic rings. The van der Waals surface area contributed by atoms with Gasteiger partial charge in [0.25, 0.3) is 5.91 Å². The fourth-order valence-electron chi connectivity index (χ4n) is 4.93. The molecule has 0 spiro atoms. The SMILES string of the molecule is Cc1ccc(-c2ncccn2)c(C(=O)N2C3CC(C3)C[C@H]2CNc2ccc(C(F)(F)F)cn2)c1. The molecular weight excluding hydrogens is 443 g/mol. The average Bonchev–Trinajstić information content (AvgIpc) is 2.81. The number of nitrogens with one attached hydrogen (secondary N) is 1. The Morgan fingerprint density at radius 3 is 2.53 bits per heavy atom. The predicted molar refractivity (Wildman–Crippen MR) is 121 cm³/mol. The van der Waals surface area contributed by atoms with Crippen molar-refractivity contribution in [2.75, 3.05) is 11.9 Å². The van der Waals surface area contributed by atoms with Gasteiger partial charge in [0.1, 0.15) is 5.82 Å². The first-order valence-corrected chi connectivity index (χ1v) is 11.3. The lowest BCUT2D eigenvalue weighted by Gasteiger charge is -2.53. The molecule has 2 aliphatic heterocycles. The third-order valence-electron chi connectivity index (χ3n) is 6.66. The first kappa shape index (κ1) is 22.3. The van der Waals surface area contributed by atoms with Gasteiger partial charge < -0.3 is 10.2 Å². The number of benzene rings is 1. The molecule has 0 radical (unpaired) electrons. The van der Waals surface area contributed by atoms with E-state index in [1.807, 2.05) is 30.0 Å². The van der Waals surface area contributed by atoms with Gasteiger partial charge in [0, 0.05) is 42.8 Å². The molecule has 1 N–H and O–H groups in total. The Morgan fingerprint density at radius 2 is 1.85 bits per heavy atom. The third kappa shape index (κ3) is 4.34. The van der Waals surface area contributed by atoms with Crippen LogP contribution in [0.4, 0.5) is 19.0 Å². The van der Waals surface area contributed by atoms with Crippen molar-refractivity contribution >= 4 is 11.7 Å². The minimum atomic E-state index is -4.42. The molecule has 1 aromatic carbocycles. The number of pyridine rings is 1. The van der Waals surface area contributed by atoms with Gasteiger partial charge >= 0.3 is 6.18 Å².